The Labute approximate surface area is 168 Å². The average Bonchev–Trinajstić information content (AvgIpc) is 3.17. The Morgan fingerprint density at radius 1 is 1.07 bits per heavy atom. The summed E-state index contributed by atoms with van der Waals surface area (Å²) in [6, 6.07) is 17.3. The summed E-state index contributed by atoms with van der Waals surface area (Å²) in [5.41, 5.74) is 4.37. The Morgan fingerprint density at radius 3 is 2.86 bits per heavy atom. The molecule has 0 saturated carbocycles. The third kappa shape index (κ3) is 4.38. The Kier molecular flexibility index (Phi) is 5.42. The monoisotopic (exact) mass is 386 g/mol. The first-order valence-corrected chi connectivity index (χ1v) is 9.42. The number of carbonyl (C=O) groups excluding carboxylic acids is 1. The molecule has 0 unspecified atom stereocenters. The fourth-order valence-corrected chi connectivity index (χ4v) is 3.24. The van der Waals surface area contributed by atoms with Crippen LogP contribution in [0.3, 0.4) is 0 Å². The van der Waals surface area contributed by atoms with Crippen LogP contribution in [-0.4, -0.2) is 29.5 Å². The second-order valence-corrected chi connectivity index (χ2v) is 6.68. The van der Waals surface area contributed by atoms with Gasteiger partial charge >= 0.3 is 0 Å². The lowest BCUT2D eigenvalue weighted by molar-refractivity contribution is 0.102. The van der Waals surface area contributed by atoms with E-state index in [0.29, 0.717) is 17.0 Å². The molecule has 0 aliphatic carbocycles. The van der Waals surface area contributed by atoms with Crippen molar-refractivity contribution < 1.29 is 9.53 Å². The first kappa shape index (κ1) is 18.6. The van der Waals surface area contributed by atoms with Crippen molar-refractivity contribution in [3.05, 3.63) is 84.3 Å². The molecule has 29 heavy (non-hydrogen) atoms. The number of nitrogens with one attached hydrogen (secondary N) is 3. The van der Waals surface area contributed by atoms with Gasteiger partial charge in [-0.25, -0.2) is 0 Å². The van der Waals surface area contributed by atoms with Gasteiger partial charge in [0.05, 0.1) is 18.4 Å². The Morgan fingerprint density at radius 2 is 1.97 bits per heavy atom. The lowest BCUT2D eigenvalue weighted by Crippen LogP contribution is -2.13. The zero-order chi connectivity index (χ0) is 20.1. The van der Waals surface area contributed by atoms with Gasteiger partial charge in [-0.15, -0.1) is 0 Å². The summed E-state index contributed by atoms with van der Waals surface area (Å²) in [7, 11) is 1.59. The van der Waals surface area contributed by atoms with Crippen LogP contribution < -0.4 is 15.4 Å². The standard InChI is InChI=1S/C23H22N4O2/c1-29-20-6-4-5-18(12-20)27-23(28)17-11-19(15-24-13-17)25-10-9-16-14-26-22-8-3-2-7-21(16)22/h2-8,11-15,25-26H,9-10H2,1H3,(H,27,28). The van der Waals surface area contributed by atoms with Crippen molar-refractivity contribution in [2.45, 2.75) is 6.42 Å². The third-order valence-electron chi connectivity index (χ3n) is 4.73. The lowest BCUT2D eigenvalue weighted by Gasteiger charge is -2.09. The van der Waals surface area contributed by atoms with Gasteiger partial charge in [0.25, 0.3) is 5.91 Å². The zero-order valence-electron chi connectivity index (χ0n) is 16.1. The fourth-order valence-electron chi connectivity index (χ4n) is 3.24. The molecule has 4 rings (SSSR count). The van der Waals surface area contributed by atoms with Crippen LogP contribution in [0.2, 0.25) is 0 Å². The number of H-pyrrole nitrogens is 1. The van der Waals surface area contributed by atoms with Gasteiger partial charge in [0.2, 0.25) is 0 Å². The maximum atomic E-state index is 12.5. The topological polar surface area (TPSA) is 79.0 Å². The van der Waals surface area contributed by atoms with E-state index in [1.54, 1.807) is 31.6 Å². The highest BCUT2D eigenvalue weighted by Gasteiger charge is 2.09. The molecule has 2 aromatic heterocycles. The predicted octanol–water partition coefficient (Wildman–Crippen LogP) is 4.48. The minimum absolute atomic E-state index is 0.217. The maximum Gasteiger partial charge on any atom is 0.257 e. The lowest BCUT2D eigenvalue weighted by atomic mass is 10.1. The number of aromatic nitrogens is 2. The van der Waals surface area contributed by atoms with Gasteiger partial charge in [-0.3, -0.25) is 9.78 Å². The zero-order valence-corrected chi connectivity index (χ0v) is 16.1. The molecule has 6 nitrogen and oxygen atoms in total. The van der Waals surface area contributed by atoms with Gasteiger partial charge in [0.1, 0.15) is 5.75 Å². The number of aromatic amines is 1. The summed E-state index contributed by atoms with van der Waals surface area (Å²) in [5, 5.41) is 7.45. The number of para-hydroxylation sites is 1. The number of amides is 1. The SMILES string of the molecule is COc1cccc(NC(=O)c2cncc(NCCc3c[nH]c4ccccc34)c2)c1. The van der Waals surface area contributed by atoms with Crippen molar-refractivity contribution in [1.29, 1.82) is 0 Å². The van der Waals surface area contributed by atoms with E-state index in [1.165, 1.54) is 10.9 Å². The van der Waals surface area contributed by atoms with E-state index in [9.17, 15) is 4.79 Å². The van der Waals surface area contributed by atoms with E-state index in [2.05, 4.69) is 32.7 Å². The van der Waals surface area contributed by atoms with Crippen molar-refractivity contribution in [1.82, 2.24) is 9.97 Å². The minimum Gasteiger partial charge on any atom is -0.497 e. The number of carbonyl (C=O) groups is 1. The highest BCUT2D eigenvalue weighted by Crippen LogP contribution is 2.19. The third-order valence-corrected chi connectivity index (χ3v) is 4.73. The first-order chi connectivity index (χ1) is 14.2. The van der Waals surface area contributed by atoms with E-state index in [0.717, 1.165) is 24.2 Å². The quantitative estimate of drug-likeness (QED) is 0.438. The molecule has 146 valence electrons. The fraction of sp³-hybridized carbons (Fsp3) is 0.130. The van der Waals surface area contributed by atoms with Crippen molar-refractivity contribution in [3.8, 4) is 5.75 Å². The van der Waals surface area contributed by atoms with Crippen LogP contribution in [-0.2, 0) is 6.42 Å². The summed E-state index contributed by atoms with van der Waals surface area (Å²) >= 11 is 0. The molecule has 2 aromatic carbocycles. The molecule has 6 heteroatoms. The van der Waals surface area contributed by atoms with Crippen LogP contribution in [0.15, 0.2) is 73.2 Å². The van der Waals surface area contributed by atoms with Gasteiger partial charge in [-0.05, 0) is 36.2 Å². The molecule has 1 amide bonds. The molecule has 0 spiro atoms. The van der Waals surface area contributed by atoms with E-state index >= 15 is 0 Å². The number of methoxy groups -OCH3 is 1. The summed E-state index contributed by atoms with van der Waals surface area (Å²) in [6.07, 6.45) is 6.19. The van der Waals surface area contributed by atoms with Crippen molar-refractivity contribution in [2.24, 2.45) is 0 Å². The van der Waals surface area contributed by atoms with E-state index in [1.807, 2.05) is 36.5 Å². The van der Waals surface area contributed by atoms with E-state index in [4.69, 9.17) is 4.74 Å². The van der Waals surface area contributed by atoms with E-state index in [-0.39, 0.29) is 5.91 Å². The number of fused-ring (bicyclic) bond motifs is 1. The molecule has 0 aliphatic rings. The van der Waals surface area contributed by atoms with Gasteiger partial charge in [-0.1, -0.05) is 24.3 Å². The smallest absolute Gasteiger partial charge is 0.257 e. The maximum absolute atomic E-state index is 12.5. The highest BCUT2D eigenvalue weighted by molar-refractivity contribution is 6.04. The number of hydrogen-bond donors (Lipinski definition) is 3. The van der Waals surface area contributed by atoms with Crippen LogP contribution >= 0.6 is 0 Å². The van der Waals surface area contributed by atoms with Gasteiger partial charge < -0.3 is 20.4 Å². The molecule has 2 heterocycles. The number of anilines is 2. The van der Waals surface area contributed by atoms with Crippen LogP contribution in [0.4, 0.5) is 11.4 Å². The summed E-state index contributed by atoms with van der Waals surface area (Å²) in [6.45, 7) is 0.741. The van der Waals surface area contributed by atoms with Crippen molar-refractivity contribution in [2.75, 3.05) is 24.3 Å². The molecular weight excluding hydrogens is 364 g/mol. The molecular formula is C23H22N4O2. The molecule has 0 atom stereocenters. The summed E-state index contributed by atoms with van der Waals surface area (Å²) in [5.74, 6) is 0.472. The van der Waals surface area contributed by atoms with Gasteiger partial charge in [0, 0.05) is 47.8 Å². The molecule has 0 aliphatic heterocycles. The van der Waals surface area contributed by atoms with Gasteiger partial charge in [0.15, 0.2) is 0 Å². The normalized spacial score (nSPS) is 10.7. The molecule has 4 aromatic rings. The van der Waals surface area contributed by atoms with Crippen molar-refractivity contribution >= 4 is 28.2 Å². The predicted molar refractivity (Wildman–Crippen MR) is 116 cm³/mol. The number of nitrogens with zero attached hydrogens (tertiary/aromatic N) is 1. The van der Waals surface area contributed by atoms with Crippen LogP contribution in [0.5, 0.6) is 5.75 Å². The summed E-state index contributed by atoms with van der Waals surface area (Å²) in [4.78, 5) is 20.0. The Balaban J connectivity index is 1.38. The second-order valence-electron chi connectivity index (χ2n) is 6.68. The van der Waals surface area contributed by atoms with Crippen LogP contribution in [0.25, 0.3) is 10.9 Å². The number of ether oxygens (including phenoxy) is 1. The number of pyridine rings is 1. The Hall–Kier alpha value is -3.80. The Bertz CT molecular complexity index is 1140. The van der Waals surface area contributed by atoms with Crippen LogP contribution in [0.1, 0.15) is 15.9 Å². The molecule has 0 saturated heterocycles. The van der Waals surface area contributed by atoms with Gasteiger partial charge in [-0.2, -0.15) is 0 Å². The molecule has 0 radical (unpaired) electrons. The second kappa shape index (κ2) is 8.48. The van der Waals surface area contributed by atoms with Crippen molar-refractivity contribution in [3.63, 3.8) is 0 Å². The molecule has 0 bridgehead atoms. The molecule has 3 N–H and O–H groups in total. The number of hydrogen-bond acceptors (Lipinski definition) is 4. The first-order valence-electron chi connectivity index (χ1n) is 9.42. The molecule has 0 fully saturated rings. The van der Waals surface area contributed by atoms with Crippen LogP contribution in [0, 0.1) is 0 Å². The number of rotatable bonds is 7. The minimum atomic E-state index is -0.217. The average molecular weight is 386 g/mol. The largest absolute Gasteiger partial charge is 0.497 e. The number of benzene rings is 2. The highest BCUT2D eigenvalue weighted by atomic mass is 16.5. The summed E-state index contributed by atoms with van der Waals surface area (Å²) < 4.78 is 5.19. The van der Waals surface area contributed by atoms with E-state index < -0.39 is 0 Å².